The molecule has 1 fully saturated rings. The number of nitrogens with zero attached hydrogens (tertiary/aromatic N) is 2. The van der Waals surface area contributed by atoms with Crippen LogP contribution >= 0.6 is 0 Å². The highest BCUT2D eigenvalue weighted by Gasteiger charge is 2.32. The molecule has 5 rings (SSSR count). The van der Waals surface area contributed by atoms with Gasteiger partial charge in [-0.3, -0.25) is 4.79 Å². The van der Waals surface area contributed by atoms with E-state index in [1.54, 1.807) is 18.2 Å². The van der Waals surface area contributed by atoms with E-state index in [-0.39, 0.29) is 28.9 Å². The van der Waals surface area contributed by atoms with Crippen LogP contribution in [0.1, 0.15) is 36.8 Å². The molecule has 10 heteroatoms. The number of benzene rings is 2. The van der Waals surface area contributed by atoms with E-state index in [0.717, 1.165) is 23.3 Å². The highest BCUT2D eigenvalue weighted by atomic mass is 32.2. The normalized spacial score (nSPS) is 22.4. The Labute approximate surface area is 204 Å². The van der Waals surface area contributed by atoms with Gasteiger partial charge in [-0.1, -0.05) is 5.16 Å². The van der Waals surface area contributed by atoms with Gasteiger partial charge in [0.05, 0.1) is 17.1 Å². The third-order valence-electron chi connectivity index (χ3n) is 6.06. The van der Waals surface area contributed by atoms with Crippen LogP contribution in [0, 0.1) is 0 Å². The van der Waals surface area contributed by atoms with E-state index in [9.17, 15) is 13.2 Å². The van der Waals surface area contributed by atoms with Crippen molar-refractivity contribution < 1.29 is 27.2 Å². The van der Waals surface area contributed by atoms with Crippen LogP contribution in [-0.2, 0) is 21.2 Å². The molecule has 1 saturated heterocycles. The first-order valence-corrected chi connectivity index (χ1v) is 13.0. The number of morpholine rings is 1. The van der Waals surface area contributed by atoms with Gasteiger partial charge >= 0.3 is 0 Å². The van der Waals surface area contributed by atoms with E-state index in [0.29, 0.717) is 24.5 Å². The molecule has 0 unspecified atom stereocenters. The van der Waals surface area contributed by atoms with Crippen molar-refractivity contribution in [2.24, 2.45) is 0 Å². The van der Waals surface area contributed by atoms with E-state index < -0.39 is 15.9 Å². The number of hydrogen-bond acceptors (Lipinski definition) is 7. The topological polar surface area (TPSA) is 111 Å². The standard InChI is InChI=1S/C25H27N3O6S/c1-15-10-19-11-18(4-9-23(19)33-15)24-12-22(27-34-24)25(29)26-20-5-7-21(8-6-20)35(30,31)28-13-16(2)32-17(3)14-28/h4-9,11-12,15-17H,10,13-14H2,1-3H3,(H,26,29)/t15-,16+,17+/m1/s1. The Morgan fingerprint density at radius 1 is 1.00 bits per heavy atom. The first kappa shape index (κ1) is 23.5. The summed E-state index contributed by atoms with van der Waals surface area (Å²) >= 11 is 0. The first-order chi connectivity index (χ1) is 16.7. The lowest BCUT2D eigenvalue weighted by Gasteiger charge is -2.34. The molecule has 35 heavy (non-hydrogen) atoms. The van der Waals surface area contributed by atoms with Crippen LogP contribution in [0.3, 0.4) is 0 Å². The molecule has 0 saturated carbocycles. The van der Waals surface area contributed by atoms with Gasteiger partial charge in [-0.2, -0.15) is 4.31 Å². The van der Waals surface area contributed by atoms with Crippen LogP contribution in [-0.4, -0.2) is 55.2 Å². The van der Waals surface area contributed by atoms with E-state index >= 15 is 0 Å². The number of ether oxygens (including phenoxy) is 2. The van der Waals surface area contributed by atoms with E-state index in [4.69, 9.17) is 14.0 Å². The molecule has 3 heterocycles. The molecule has 1 aromatic heterocycles. The summed E-state index contributed by atoms with van der Waals surface area (Å²) in [5, 5.41) is 6.63. The van der Waals surface area contributed by atoms with Crippen LogP contribution in [0.2, 0.25) is 0 Å². The second kappa shape index (κ2) is 9.10. The third-order valence-corrected chi connectivity index (χ3v) is 7.91. The second-order valence-corrected chi connectivity index (χ2v) is 11.0. The van der Waals surface area contributed by atoms with Gasteiger partial charge < -0.3 is 19.3 Å². The van der Waals surface area contributed by atoms with Gasteiger partial charge in [-0.05, 0) is 68.8 Å². The fourth-order valence-corrected chi connectivity index (χ4v) is 6.07. The monoisotopic (exact) mass is 497 g/mol. The number of sulfonamides is 1. The van der Waals surface area contributed by atoms with Crippen LogP contribution in [0.15, 0.2) is 57.9 Å². The lowest BCUT2D eigenvalue weighted by Crippen LogP contribution is -2.48. The molecule has 3 aromatic rings. The fourth-order valence-electron chi connectivity index (χ4n) is 4.47. The maximum atomic E-state index is 13.0. The Morgan fingerprint density at radius 2 is 1.71 bits per heavy atom. The molecule has 184 valence electrons. The number of hydrogen-bond donors (Lipinski definition) is 1. The number of anilines is 1. The molecule has 0 spiro atoms. The second-order valence-electron chi connectivity index (χ2n) is 9.09. The molecule has 0 bridgehead atoms. The van der Waals surface area contributed by atoms with E-state index in [1.807, 2.05) is 39.0 Å². The molecular formula is C25H27N3O6S. The molecule has 2 aromatic carbocycles. The van der Waals surface area contributed by atoms with Crippen molar-refractivity contribution in [2.75, 3.05) is 18.4 Å². The molecule has 1 amide bonds. The van der Waals surface area contributed by atoms with Crippen molar-refractivity contribution in [1.29, 1.82) is 0 Å². The SMILES string of the molecule is C[C@@H]1Cc2cc(-c3cc(C(=O)Nc4ccc(S(=O)(=O)N5C[C@H](C)O[C@@H](C)C5)cc4)no3)ccc2O1. The van der Waals surface area contributed by atoms with Crippen LogP contribution in [0.5, 0.6) is 5.75 Å². The number of rotatable bonds is 5. The summed E-state index contributed by atoms with van der Waals surface area (Å²) < 4.78 is 44.2. The van der Waals surface area contributed by atoms with Gasteiger partial charge in [0.15, 0.2) is 11.5 Å². The average molecular weight is 498 g/mol. The molecule has 2 aliphatic rings. The molecule has 0 aliphatic carbocycles. The molecule has 0 radical (unpaired) electrons. The molecule has 2 aliphatic heterocycles. The van der Waals surface area contributed by atoms with Crippen LogP contribution in [0.25, 0.3) is 11.3 Å². The number of carbonyl (C=O) groups excluding carboxylic acids is 1. The first-order valence-electron chi connectivity index (χ1n) is 11.5. The van der Waals surface area contributed by atoms with Gasteiger partial charge in [-0.25, -0.2) is 8.42 Å². The summed E-state index contributed by atoms with van der Waals surface area (Å²) in [6.45, 7) is 6.32. The number of carbonyl (C=O) groups is 1. The molecule has 3 atom stereocenters. The zero-order chi connectivity index (χ0) is 24.7. The van der Waals surface area contributed by atoms with Gasteiger partial charge in [0.25, 0.3) is 5.91 Å². The van der Waals surface area contributed by atoms with E-state index in [1.165, 1.54) is 16.4 Å². The third kappa shape index (κ3) is 4.82. The maximum Gasteiger partial charge on any atom is 0.277 e. The van der Waals surface area contributed by atoms with Gasteiger partial charge in [0, 0.05) is 36.8 Å². The van der Waals surface area contributed by atoms with Crippen LogP contribution < -0.4 is 10.1 Å². The maximum absolute atomic E-state index is 13.0. The van der Waals surface area contributed by atoms with Gasteiger partial charge in [0.2, 0.25) is 10.0 Å². The lowest BCUT2D eigenvalue weighted by molar-refractivity contribution is -0.0440. The molecular weight excluding hydrogens is 470 g/mol. The lowest BCUT2D eigenvalue weighted by atomic mass is 10.1. The van der Waals surface area contributed by atoms with E-state index in [2.05, 4.69) is 10.5 Å². The summed E-state index contributed by atoms with van der Waals surface area (Å²) in [6, 6.07) is 13.4. The zero-order valence-corrected chi connectivity index (χ0v) is 20.5. The Kier molecular flexibility index (Phi) is 6.12. The number of amides is 1. The van der Waals surface area contributed by atoms with Gasteiger partial charge in [0.1, 0.15) is 11.9 Å². The van der Waals surface area contributed by atoms with Crippen molar-refractivity contribution >= 4 is 21.6 Å². The minimum Gasteiger partial charge on any atom is -0.490 e. The highest BCUT2D eigenvalue weighted by Crippen LogP contribution is 2.33. The molecule has 1 N–H and O–H groups in total. The minimum atomic E-state index is -3.66. The fraction of sp³-hybridized carbons (Fsp3) is 0.360. The summed E-state index contributed by atoms with van der Waals surface area (Å²) in [7, 11) is -3.66. The quantitative estimate of drug-likeness (QED) is 0.572. The van der Waals surface area contributed by atoms with Crippen molar-refractivity contribution in [3.8, 4) is 17.1 Å². The Morgan fingerprint density at radius 3 is 2.43 bits per heavy atom. The largest absolute Gasteiger partial charge is 0.490 e. The predicted octanol–water partition coefficient (Wildman–Crippen LogP) is 3.72. The number of nitrogens with one attached hydrogen (secondary N) is 1. The minimum absolute atomic E-state index is 0.123. The Hall–Kier alpha value is -3.21. The highest BCUT2D eigenvalue weighted by molar-refractivity contribution is 7.89. The Balaban J connectivity index is 1.26. The van der Waals surface area contributed by atoms with Crippen molar-refractivity contribution in [3.63, 3.8) is 0 Å². The zero-order valence-electron chi connectivity index (χ0n) is 19.7. The van der Waals surface area contributed by atoms with Crippen LogP contribution in [0.4, 0.5) is 5.69 Å². The predicted molar refractivity (Wildman–Crippen MR) is 129 cm³/mol. The summed E-state index contributed by atoms with van der Waals surface area (Å²) in [5.74, 6) is 0.888. The summed E-state index contributed by atoms with van der Waals surface area (Å²) in [4.78, 5) is 12.9. The number of fused-ring (bicyclic) bond motifs is 1. The summed E-state index contributed by atoms with van der Waals surface area (Å²) in [5.41, 5.74) is 2.48. The Bertz CT molecular complexity index is 1340. The van der Waals surface area contributed by atoms with Crippen molar-refractivity contribution in [3.05, 3.63) is 59.8 Å². The number of aromatic nitrogens is 1. The van der Waals surface area contributed by atoms with Gasteiger partial charge in [-0.15, -0.1) is 0 Å². The summed E-state index contributed by atoms with van der Waals surface area (Å²) in [6.07, 6.45) is 0.611. The smallest absolute Gasteiger partial charge is 0.277 e. The van der Waals surface area contributed by atoms with Crippen molar-refractivity contribution in [1.82, 2.24) is 9.46 Å². The molecule has 9 nitrogen and oxygen atoms in total. The average Bonchev–Trinajstić information content (AvgIpc) is 3.44. The van der Waals surface area contributed by atoms with Crippen molar-refractivity contribution in [2.45, 2.75) is 50.4 Å².